The Balaban J connectivity index is 1.83. The highest BCUT2D eigenvalue weighted by Crippen LogP contribution is 2.23. The Hall–Kier alpha value is -3.43. The van der Waals surface area contributed by atoms with Crippen LogP contribution in [-0.2, 0) is 25.5 Å². The minimum Gasteiger partial charge on any atom is -0.454 e. The second kappa shape index (κ2) is 9.86. The van der Waals surface area contributed by atoms with E-state index >= 15 is 0 Å². The molecule has 1 aliphatic heterocycles. The summed E-state index contributed by atoms with van der Waals surface area (Å²) in [6, 6.07) is 7.92. The van der Waals surface area contributed by atoms with Crippen LogP contribution in [0.2, 0.25) is 0 Å². The molecule has 1 aromatic rings. The number of benzene rings is 1. The summed E-state index contributed by atoms with van der Waals surface area (Å²) in [6.07, 6.45) is 0.931. The third kappa shape index (κ3) is 6.29. The largest absolute Gasteiger partial charge is 0.454 e. The van der Waals surface area contributed by atoms with Crippen LogP contribution in [0, 0.1) is 0 Å². The van der Waals surface area contributed by atoms with Crippen LogP contribution >= 0.6 is 0 Å². The number of amides is 6. The predicted octanol–water partition coefficient (Wildman–Crippen LogP) is 0.707. The van der Waals surface area contributed by atoms with Crippen LogP contribution < -0.4 is 16.0 Å². The Morgan fingerprint density at radius 2 is 1.83 bits per heavy atom. The minimum atomic E-state index is -1.14. The third-order valence-corrected chi connectivity index (χ3v) is 4.43. The van der Waals surface area contributed by atoms with Crippen LogP contribution in [-0.4, -0.2) is 59.5 Å². The fraction of sp³-hybridized carbons (Fsp3) is 0.450. The average Bonchev–Trinajstić information content (AvgIpc) is 2.88. The van der Waals surface area contributed by atoms with E-state index in [1.54, 1.807) is 20.8 Å². The van der Waals surface area contributed by atoms with Gasteiger partial charge in [-0.25, -0.2) is 9.59 Å². The van der Waals surface area contributed by atoms with Gasteiger partial charge in [-0.2, -0.15) is 0 Å². The van der Waals surface area contributed by atoms with Crippen molar-refractivity contribution in [2.75, 3.05) is 13.2 Å². The summed E-state index contributed by atoms with van der Waals surface area (Å²) in [4.78, 5) is 60.6. The van der Waals surface area contributed by atoms with Crippen LogP contribution in [0.5, 0.6) is 0 Å². The first-order valence-corrected chi connectivity index (χ1v) is 9.55. The number of nitrogens with zero attached hydrogens (tertiary/aromatic N) is 1. The topological polar surface area (TPSA) is 134 Å². The monoisotopic (exact) mass is 418 g/mol. The van der Waals surface area contributed by atoms with Crippen LogP contribution in [0.15, 0.2) is 30.3 Å². The maximum Gasteiger partial charge on any atom is 0.326 e. The van der Waals surface area contributed by atoms with Crippen molar-refractivity contribution in [3.8, 4) is 0 Å². The highest BCUT2D eigenvalue weighted by atomic mass is 16.5. The van der Waals surface area contributed by atoms with E-state index in [1.807, 2.05) is 35.6 Å². The number of esters is 1. The van der Waals surface area contributed by atoms with Gasteiger partial charge in [-0.05, 0) is 39.2 Å². The maximum absolute atomic E-state index is 12.7. The molecule has 6 amide bonds. The molecule has 0 radical (unpaired) electrons. The highest BCUT2D eigenvalue weighted by Gasteiger charge is 2.48. The Kier molecular flexibility index (Phi) is 7.51. The zero-order valence-corrected chi connectivity index (χ0v) is 17.2. The van der Waals surface area contributed by atoms with Crippen LogP contribution in [0.4, 0.5) is 9.59 Å². The van der Waals surface area contributed by atoms with Crippen molar-refractivity contribution >= 4 is 29.8 Å². The van der Waals surface area contributed by atoms with Gasteiger partial charge in [0.1, 0.15) is 12.1 Å². The molecule has 0 aromatic heterocycles. The highest BCUT2D eigenvalue weighted by molar-refractivity contribution is 6.08. The van der Waals surface area contributed by atoms with E-state index in [2.05, 4.69) is 10.6 Å². The lowest BCUT2D eigenvalue weighted by atomic mass is 9.93. The number of aryl methyl sites for hydroxylation is 1. The average molecular weight is 418 g/mol. The predicted molar refractivity (Wildman–Crippen MR) is 106 cm³/mol. The van der Waals surface area contributed by atoms with Gasteiger partial charge in [0.05, 0.1) is 0 Å². The first-order valence-electron chi connectivity index (χ1n) is 9.55. The molecule has 0 aliphatic carbocycles. The number of urea groups is 2. The molecule has 1 atom stereocenters. The summed E-state index contributed by atoms with van der Waals surface area (Å²) in [6.45, 7) is 3.70. The molecule has 0 unspecified atom stereocenters. The van der Waals surface area contributed by atoms with Crippen molar-refractivity contribution in [2.24, 2.45) is 0 Å². The van der Waals surface area contributed by atoms with Crippen LogP contribution in [0.3, 0.4) is 0 Å². The van der Waals surface area contributed by atoms with Gasteiger partial charge in [0.2, 0.25) is 0 Å². The van der Waals surface area contributed by atoms with E-state index in [0.29, 0.717) is 12.8 Å². The summed E-state index contributed by atoms with van der Waals surface area (Å²) in [5, 5.41) is 7.06. The second-order valence-electron chi connectivity index (χ2n) is 7.48. The molecule has 10 nitrogen and oxygen atoms in total. The number of ether oxygens (including phenoxy) is 1. The molecule has 10 heteroatoms. The number of nitrogens with one attached hydrogen (secondary N) is 3. The number of imide groups is 2. The third-order valence-electron chi connectivity index (χ3n) is 4.43. The van der Waals surface area contributed by atoms with Crippen molar-refractivity contribution in [1.29, 1.82) is 0 Å². The van der Waals surface area contributed by atoms with E-state index in [0.717, 1.165) is 10.5 Å². The summed E-state index contributed by atoms with van der Waals surface area (Å²) >= 11 is 0. The molecule has 1 saturated heterocycles. The molecule has 0 spiro atoms. The lowest BCUT2D eigenvalue weighted by Crippen LogP contribution is -2.45. The van der Waals surface area contributed by atoms with Crippen molar-refractivity contribution in [3.05, 3.63) is 35.9 Å². The minimum absolute atomic E-state index is 0.170. The van der Waals surface area contributed by atoms with Crippen LogP contribution in [0.25, 0.3) is 0 Å². The molecule has 162 valence electrons. The molecule has 2 rings (SSSR count). The summed E-state index contributed by atoms with van der Waals surface area (Å²) in [5.41, 5.74) is -0.120. The number of carbonyl (C=O) groups excluding carboxylic acids is 5. The number of hydrogen-bond donors (Lipinski definition) is 3. The second-order valence-corrected chi connectivity index (χ2v) is 7.48. The summed E-state index contributed by atoms with van der Waals surface area (Å²) in [5.74, 6) is -2.31. The normalized spacial score (nSPS) is 18.2. The Labute approximate surface area is 174 Å². The van der Waals surface area contributed by atoms with Gasteiger partial charge >= 0.3 is 18.0 Å². The van der Waals surface area contributed by atoms with E-state index in [9.17, 15) is 24.0 Å². The van der Waals surface area contributed by atoms with E-state index in [4.69, 9.17) is 4.74 Å². The van der Waals surface area contributed by atoms with Gasteiger partial charge in [0, 0.05) is 6.04 Å². The fourth-order valence-corrected chi connectivity index (χ4v) is 2.88. The molecule has 30 heavy (non-hydrogen) atoms. The summed E-state index contributed by atoms with van der Waals surface area (Å²) < 4.78 is 4.76. The molecule has 1 fully saturated rings. The van der Waals surface area contributed by atoms with Gasteiger partial charge in [-0.3, -0.25) is 24.6 Å². The smallest absolute Gasteiger partial charge is 0.326 e. The van der Waals surface area contributed by atoms with Gasteiger partial charge in [-0.1, -0.05) is 30.3 Å². The van der Waals surface area contributed by atoms with Crippen LogP contribution in [0.1, 0.15) is 32.8 Å². The zero-order valence-electron chi connectivity index (χ0n) is 17.2. The lowest BCUT2D eigenvalue weighted by Gasteiger charge is -2.21. The van der Waals surface area contributed by atoms with Gasteiger partial charge in [0.25, 0.3) is 11.8 Å². The Morgan fingerprint density at radius 1 is 1.17 bits per heavy atom. The first kappa shape index (κ1) is 22.9. The van der Waals surface area contributed by atoms with E-state index in [1.165, 1.54) is 0 Å². The molecular formula is C20H26N4O6. The van der Waals surface area contributed by atoms with Crippen molar-refractivity contribution in [2.45, 2.75) is 45.2 Å². The van der Waals surface area contributed by atoms with Gasteiger partial charge in [0.15, 0.2) is 6.61 Å². The van der Waals surface area contributed by atoms with Crippen molar-refractivity contribution in [1.82, 2.24) is 20.9 Å². The standard InChI is InChI=1S/C20H26N4O6/c1-13(2)21-18(28)22-15(25)12-30-16(26)11-24-17(27)20(3,23-19(24)29)10-9-14-7-5-4-6-8-14/h4-8,13H,9-12H2,1-3H3,(H,23,29)(H2,21,22,25,28)/t20-/m1/s1. The maximum atomic E-state index is 12.7. The van der Waals surface area contributed by atoms with E-state index < -0.39 is 48.5 Å². The number of carbonyl (C=O) groups is 5. The molecule has 3 N–H and O–H groups in total. The van der Waals surface area contributed by atoms with E-state index in [-0.39, 0.29) is 6.04 Å². The molecular weight excluding hydrogens is 392 g/mol. The molecule has 1 aliphatic rings. The Bertz CT molecular complexity index is 826. The summed E-state index contributed by atoms with van der Waals surface area (Å²) in [7, 11) is 0. The van der Waals surface area contributed by atoms with Crippen molar-refractivity contribution in [3.63, 3.8) is 0 Å². The molecule has 0 saturated carbocycles. The number of hydrogen-bond acceptors (Lipinski definition) is 6. The zero-order chi connectivity index (χ0) is 22.3. The van der Waals surface area contributed by atoms with Gasteiger partial charge in [-0.15, -0.1) is 0 Å². The van der Waals surface area contributed by atoms with Gasteiger partial charge < -0.3 is 15.4 Å². The van der Waals surface area contributed by atoms with Crippen molar-refractivity contribution < 1.29 is 28.7 Å². The quantitative estimate of drug-likeness (QED) is 0.420. The molecule has 0 bridgehead atoms. The number of rotatable bonds is 8. The molecule has 1 aromatic carbocycles. The lowest BCUT2D eigenvalue weighted by molar-refractivity contribution is -0.150. The molecule has 1 heterocycles. The first-order chi connectivity index (χ1) is 14.1. The fourth-order valence-electron chi connectivity index (χ4n) is 2.88. The SMILES string of the molecule is CC(C)NC(=O)NC(=O)COC(=O)CN1C(=O)N[C@](C)(CCc2ccccc2)C1=O. The Morgan fingerprint density at radius 3 is 2.47 bits per heavy atom.